The van der Waals surface area contributed by atoms with Gasteiger partial charge in [-0.25, -0.2) is 0 Å². The van der Waals surface area contributed by atoms with Crippen molar-refractivity contribution in [2.24, 2.45) is 11.1 Å². The first-order chi connectivity index (χ1) is 10.7. The van der Waals surface area contributed by atoms with Crippen LogP contribution in [0.2, 0.25) is 0 Å². The molecule has 120 valence electrons. The molecule has 1 amide bonds. The monoisotopic (exact) mass is 303 g/mol. The van der Waals surface area contributed by atoms with Crippen molar-refractivity contribution in [1.29, 1.82) is 0 Å². The Labute approximate surface area is 131 Å². The van der Waals surface area contributed by atoms with Crippen molar-refractivity contribution >= 4 is 11.6 Å². The number of amides is 1. The van der Waals surface area contributed by atoms with E-state index in [1.54, 1.807) is 0 Å². The molecule has 0 radical (unpaired) electrons. The minimum Gasteiger partial charge on any atom is -0.381 e. The van der Waals surface area contributed by atoms with Gasteiger partial charge in [-0.3, -0.25) is 4.79 Å². The first-order valence-electron chi connectivity index (χ1n) is 8.12. The van der Waals surface area contributed by atoms with Gasteiger partial charge in [0.05, 0.1) is 5.41 Å². The highest BCUT2D eigenvalue weighted by atomic mass is 16.5. The maximum Gasteiger partial charge on any atom is 0.227 e. The molecule has 0 aromatic heterocycles. The minimum absolute atomic E-state index is 0.109. The van der Waals surface area contributed by atoms with Crippen LogP contribution in [0.3, 0.4) is 0 Å². The smallest absolute Gasteiger partial charge is 0.227 e. The van der Waals surface area contributed by atoms with Gasteiger partial charge in [0, 0.05) is 44.6 Å². The van der Waals surface area contributed by atoms with Crippen molar-refractivity contribution in [2.45, 2.75) is 25.3 Å². The van der Waals surface area contributed by atoms with Gasteiger partial charge in [-0.15, -0.1) is 0 Å². The van der Waals surface area contributed by atoms with Crippen molar-refractivity contribution in [1.82, 2.24) is 5.32 Å². The molecule has 0 bridgehead atoms. The van der Waals surface area contributed by atoms with E-state index in [-0.39, 0.29) is 11.9 Å². The number of rotatable bonds is 4. The zero-order chi connectivity index (χ0) is 15.4. The van der Waals surface area contributed by atoms with Gasteiger partial charge in [0.15, 0.2) is 0 Å². The van der Waals surface area contributed by atoms with E-state index in [0.29, 0.717) is 19.8 Å². The molecule has 2 fully saturated rings. The van der Waals surface area contributed by atoms with Gasteiger partial charge in [-0.05, 0) is 31.4 Å². The van der Waals surface area contributed by atoms with Crippen molar-refractivity contribution in [2.75, 3.05) is 37.7 Å². The maximum atomic E-state index is 12.7. The van der Waals surface area contributed by atoms with Crippen LogP contribution in [0.1, 0.15) is 19.3 Å². The average molecular weight is 303 g/mol. The first-order valence-corrected chi connectivity index (χ1v) is 8.12. The van der Waals surface area contributed by atoms with Crippen molar-refractivity contribution < 1.29 is 9.53 Å². The molecule has 1 aromatic rings. The number of para-hydroxylation sites is 1. The molecule has 5 heteroatoms. The number of hydrogen-bond acceptors (Lipinski definition) is 4. The Kier molecular flexibility index (Phi) is 4.64. The zero-order valence-corrected chi connectivity index (χ0v) is 13.0. The molecule has 1 aromatic carbocycles. The zero-order valence-electron chi connectivity index (χ0n) is 13.0. The number of anilines is 1. The fourth-order valence-electron chi connectivity index (χ4n) is 3.38. The predicted octanol–water partition coefficient (Wildman–Crippen LogP) is 1.14. The van der Waals surface area contributed by atoms with Crippen LogP contribution in [0.4, 0.5) is 5.69 Å². The summed E-state index contributed by atoms with van der Waals surface area (Å²) in [5, 5.41) is 3.22. The molecule has 0 saturated carbocycles. The molecule has 1 atom stereocenters. The van der Waals surface area contributed by atoms with Crippen molar-refractivity contribution in [3.8, 4) is 0 Å². The third-order valence-electron chi connectivity index (χ3n) is 4.97. The summed E-state index contributed by atoms with van der Waals surface area (Å²) in [7, 11) is 0. The standard InChI is InChI=1S/C17H25N3O2/c18-13-17(7-10-22-11-8-17)16(21)19-14-6-9-20(12-14)15-4-2-1-3-5-15/h1-5,14H,6-13,18H2,(H,19,21). The van der Waals surface area contributed by atoms with Gasteiger partial charge in [0.2, 0.25) is 5.91 Å². The van der Waals surface area contributed by atoms with E-state index < -0.39 is 5.41 Å². The van der Waals surface area contributed by atoms with Crippen molar-refractivity contribution in [3.05, 3.63) is 30.3 Å². The van der Waals surface area contributed by atoms with Crippen LogP contribution in [-0.2, 0) is 9.53 Å². The second-order valence-corrected chi connectivity index (χ2v) is 6.34. The van der Waals surface area contributed by atoms with Gasteiger partial charge in [0.1, 0.15) is 0 Å². The lowest BCUT2D eigenvalue weighted by atomic mass is 9.79. The molecule has 3 N–H and O–H groups in total. The van der Waals surface area contributed by atoms with E-state index >= 15 is 0 Å². The normalized spacial score (nSPS) is 24.2. The van der Waals surface area contributed by atoms with Crippen LogP contribution in [0, 0.1) is 5.41 Å². The van der Waals surface area contributed by atoms with E-state index in [0.717, 1.165) is 32.4 Å². The number of benzene rings is 1. The number of nitrogens with one attached hydrogen (secondary N) is 1. The van der Waals surface area contributed by atoms with Crippen LogP contribution < -0.4 is 16.0 Å². The largest absolute Gasteiger partial charge is 0.381 e. The number of carbonyl (C=O) groups is 1. The van der Waals surface area contributed by atoms with Gasteiger partial charge in [-0.2, -0.15) is 0 Å². The maximum absolute atomic E-state index is 12.7. The summed E-state index contributed by atoms with van der Waals surface area (Å²) in [6, 6.07) is 10.6. The average Bonchev–Trinajstić information content (AvgIpc) is 3.05. The second-order valence-electron chi connectivity index (χ2n) is 6.34. The van der Waals surface area contributed by atoms with E-state index in [1.807, 2.05) is 18.2 Å². The molecule has 0 aliphatic carbocycles. The lowest BCUT2D eigenvalue weighted by Gasteiger charge is -2.35. The molecule has 2 saturated heterocycles. The van der Waals surface area contributed by atoms with Crippen LogP contribution in [-0.4, -0.2) is 44.8 Å². The van der Waals surface area contributed by atoms with E-state index in [2.05, 4.69) is 22.3 Å². The molecule has 1 unspecified atom stereocenters. The molecule has 2 aliphatic heterocycles. The second kappa shape index (κ2) is 6.67. The molecule has 2 heterocycles. The molecule has 0 spiro atoms. The Morgan fingerprint density at radius 1 is 1.32 bits per heavy atom. The molecular weight excluding hydrogens is 278 g/mol. The predicted molar refractivity (Wildman–Crippen MR) is 86.7 cm³/mol. The van der Waals surface area contributed by atoms with Gasteiger partial charge >= 0.3 is 0 Å². The van der Waals surface area contributed by atoms with Gasteiger partial charge in [-0.1, -0.05) is 18.2 Å². The highest BCUT2D eigenvalue weighted by Crippen LogP contribution is 2.30. The van der Waals surface area contributed by atoms with E-state index in [9.17, 15) is 4.79 Å². The summed E-state index contributed by atoms with van der Waals surface area (Å²) in [6.45, 7) is 3.51. The molecule has 5 nitrogen and oxygen atoms in total. The molecular formula is C17H25N3O2. The Hall–Kier alpha value is -1.59. The third-order valence-corrected chi connectivity index (χ3v) is 4.97. The summed E-state index contributed by atoms with van der Waals surface area (Å²) in [5.74, 6) is 0.109. The molecule has 3 rings (SSSR count). The lowest BCUT2D eigenvalue weighted by Crippen LogP contribution is -2.52. The van der Waals surface area contributed by atoms with Crippen molar-refractivity contribution in [3.63, 3.8) is 0 Å². The number of hydrogen-bond donors (Lipinski definition) is 2. The fourth-order valence-corrected chi connectivity index (χ4v) is 3.38. The van der Waals surface area contributed by atoms with Crippen LogP contribution in [0.15, 0.2) is 30.3 Å². The van der Waals surface area contributed by atoms with E-state index in [4.69, 9.17) is 10.5 Å². The number of ether oxygens (including phenoxy) is 1. The third kappa shape index (κ3) is 3.10. The van der Waals surface area contributed by atoms with Gasteiger partial charge in [0.25, 0.3) is 0 Å². The topological polar surface area (TPSA) is 67.6 Å². The Balaban J connectivity index is 1.58. The highest BCUT2D eigenvalue weighted by molar-refractivity contribution is 5.83. The SMILES string of the molecule is NCC1(C(=O)NC2CCN(c3ccccc3)C2)CCOCC1. The molecule has 22 heavy (non-hydrogen) atoms. The summed E-state index contributed by atoms with van der Waals surface area (Å²) in [4.78, 5) is 15.0. The number of carbonyl (C=O) groups excluding carboxylic acids is 1. The quantitative estimate of drug-likeness (QED) is 0.875. The molecule has 2 aliphatic rings. The van der Waals surface area contributed by atoms with Gasteiger partial charge < -0.3 is 20.7 Å². The summed E-state index contributed by atoms with van der Waals surface area (Å²) < 4.78 is 5.38. The lowest BCUT2D eigenvalue weighted by molar-refractivity contribution is -0.136. The summed E-state index contributed by atoms with van der Waals surface area (Å²) in [6.07, 6.45) is 2.44. The summed E-state index contributed by atoms with van der Waals surface area (Å²) in [5.41, 5.74) is 6.69. The number of nitrogens with zero attached hydrogens (tertiary/aromatic N) is 1. The summed E-state index contributed by atoms with van der Waals surface area (Å²) >= 11 is 0. The minimum atomic E-state index is -0.432. The number of nitrogens with two attached hydrogens (primary N) is 1. The van der Waals surface area contributed by atoms with Crippen LogP contribution in [0.5, 0.6) is 0 Å². The first kappa shape index (κ1) is 15.3. The Morgan fingerprint density at radius 3 is 2.73 bits per heavy atom. The fraction of sp³-hybridized carbons (Fsp3) is 0.588. The highest BCUT2D eigenvalue weighted by Gasteiger charge is 2.40. The Morgan fingerprint density at radius 2 is 2.05 bits per heavy atom. The van der Waals surface area contributed by atoms with E-state index in [1.165, 1.54) is 5.69 Å². The van der Waals surface area contributed by atoms with Crippen LogP contribution in [0.25, 0.3) is 0 Å². The van der Waals surface area contributed by atoms with Crippen LogP contribution >= 0.6 is 0 Å². The Bertz CT molecular complexity index is 500.